The highest BCUT2D eigenvalue weighted by Gasteiger charge is 2.28. The van der Waals surface area contributed by atoms with Gasteiger partial charge in [-0.3, -0.25) is 10.1 Å². The molecule has 0 unspecified atom stereocenters. The minimum absolute atomic E-state index is 0.0290. The summed E-state index contributed by atoms with van der Waals surface area (Å²) in [5, 5.41) is 11.2. The van der Waals surface area contributed by atoms with Crippen molar-refractivity contribution >= 4 is 23.6 Å². The number of carbonyl (C=O) groups excluding carboxylic acids is 1. The summed E-state index contributed by atoms with van der Waals surface area (Å²) in [5.74, 6) is 0.432. The van der Waals surface area contributed by atoms with E-state index in [1.807, 2.05) is 6.92 Å². The molecule has 1 aliphatic rings. The summed E-state index contributed by atoms with van der Waals surface area (Å²) < 4.78 is 16.4. The second kappa shape index (κ2) is 8.55. The van der Waals surface area contributed by atoms with E-state index < -0.39 is 10.9 Å². The normalized spacial score (nSPS) is 14.5. The van der Waals surface area contributed by atoms with Crippen LogP contribution in [0.25, 0.3) is 6.08 Å². The molecule has 2 aromatic rings. The molecule has 0 aromatic heterocycles. The van der Waals surface area contributed by atoms with Crippen molar-refractivity contribution in [2.45, 2.75) is 20.3 Å². The average Bonchev–Trinajstić information content (AvgIpc) is 3.06. The molecule has 0 aliphatic carbocycles. The van der Waals surface area contributed by atoms with Crippen molar-refractivity contribution in [2.75, 3.05) is 13.7 Å². The van der Waals surface area contributed by atoms with E-state index in [0.29, 0.717) is 34.8 Å². The van der Waals surface area contributed by atoms with E-state index in [2.05, 4.69) is 4.99 Å². The topological polar surface area (TPSA) is 100 Å². The molecule has 0 N–H and O–H groups in total. The first kappa shape index (κ1) is 20.1. The zero-order chi connectivity index (χ0) is 21.0. The molecular weight excluding hydrogens is 376 g/mol. The van der Waals surface area contributed by atoms with Crippen LogP contribution in [0.5, 0.6) is 11.5 Å². The van der Waals surface area contributed by atoms with Crippen LogP contribution < -0.4 is 9.47 Å². The van der Waals surface area contributed by atoms with Crippen LogP contribution in [0.15, 0.2) is 47.1 Å². The van der Waals surface area contributed by atoms with E-state index in [1.165, 1.54) is 19.2 Å². The Labute approximate surface area is 167 Å². The average molecular weight is 396 g/mol. The van der Waals surface area contributed by atoms with E-state index in [4.69, 9.17) is 14.2 Å². The van der Waals surface area contributed by atoms with Crippen molar-refractivity contribution in [3.05, 3.63) is 68.9 Å². The van der Waals surface area contributed by atoms with E-state index in [1.54, 1.807) is 37.3 Å². The van der Waals surface area contributed by atoms with Crippen LogP contribution in [-0.4, -0.2) is 30.5 Å². The van der Waals surface area contributed by atoms with Crippen molar-refractivity contribution in [3.63, 3.8) is 0 Å². The number of rotatable bonds is 7. The molecule has 1 aliphatic heterocycles. The SMILES string of the molecule is CCCOc1c(/C=C2\N=C(c3cccc([N+](=O)[O-])c3C)OC2=O)cccc1OC. The van der Waals surface area contributed by atoms with Crippen LogP contribution >= 0.6 is 0 Å². The standard InChI is InChI=1S/C21H20N2O6/c1-4-11-28-19-14(7-5-10-18(19)27-3)12-16-21(24)29-20(22-16)15-8-6-9-17(13(15)2)23(25)26/h5-10,12H,4,11H2,1-3H3/b16-12-. The highest BCUT2D eigenvalue weighted by Crippen LogP contribution is 2.34. The summed E-state index contributed by atoms with van der Waals surface area (Å²) in [4.78, 5) is 27.3. The molecule has 2 aromatic carbocycles. The summed E-state index contributed by atoms with van der Waals surface area (Å²) >= 11 is 0. The summed E-state index contributed by atoms with van der Waals surface area (Å²) in [6, 6.07) is 9.86. The van der Waals surface area contributed by atoms with Gasteiger partial charge in [0.25, 0.3) is 5.69 Å². The van der Waals surface area contributed by atoms with Crippen LogP contribution in [0.1, 0.15) is 30.0 Å². The Morgan fingerprint density at radius 1 is 1.24 bits per heavy atom. The zero-order valence-corrected chi connectivity index (χ0v) is 16.3. The Kier molecular flexibility index (Phi) is 5.92. The van der Waals surface area contributed by atoms with Gasteiger partial charge in [-0.15, -0.1) is 0 Å². The van der Waals surface area contributed by atoms with E-state index in [-0.39, 0.29) is 17.3 Å². The summed E-state index contributed by atoms with van der Waals surface area (Å²) in [6.45, 7) is 4.06. The molecule has 0 amide bonds. The van der Waals surface area contributed by atoms with Gasteiger partial charge in [-0.2, -0.15) is 0 Å². The molecule has 150 valence electrons. The maximum atomic E-state index is 12.4. The quantitative estimate of drug-likeness (QED) is 0.303. The number of esters is 1. The Balaban J connectivity index is 2.02. The molecule has 8 nitrogen and oxygen atoms in total. The molecule has 29 heavy (non-hydrogen) atoms. The summed E-state index contributed by atoms with van der Waals surface area (Å²) in [6.07, 6.45) is 2.36. The number of methoxy groups -OCH3 is 1. The number of aliphatic imine (C=N–C) groups is 1. The Morgan fingerprint density at radius 3 is 2.69 bits per heavy atom. The Bertz CT molecular complexity index is 1030. The molecule has 0 radical (unpaired) electrons. The minimum Gasteiger partial charge on any atom is -0.493 e. The van der Waals surface area contributed by atoms with Crippen molar-refractivity contribution in [3.8, 4) is 11.5 Å². The maximum absolute atomic E-state index is 12.4. The van der Waals surface area contributed by atoms with Gasteiger partial charge in [0.2, 0.25) is 5.90 Å². The number of nitro benzene ring substituents is 1. The zero-order valence-electron chi connectivity index (χ0n) is 16.3. The van der Waals surface area contributed by atoms with Crippen LogP contribution in [0.2, 0.25) is 0 Å². The lowest BCUT2D eigenvalue weighted by Crippen LogP contribution is -2.08. The van der Waals surface area contributed by atoms with Crippen LogP contribution in [0.3, 0.4) is 0 Å². The molecule has 3 rings (SSSR count). The highest BCUT2D eigenvalue weighted by molar-refractivity contribution is 6.13. The van der Waals surface area contributed by atoms with Gasteiger partial charge in [-0.1, -0.05) is 25.1 Å². The molecule has 0 fully saturated rings. The number of ether oxygens (including phenoxy) is 3. The van der Waals surface area contributed by atoms with E-state index >= 15 is 0 Å². The third kappa shape index (κ3) is 4.11. The lowest BCUT2D eigenvalue weighted by Gasteiger charge is -2.12. The van der Waals surface area contributed by atoms with Gasteiger partial charge in [-0.05, 0) is 31.6 Å². The number of nitrogens with zero attached hydrogens (tertiary/aromatic N) is 2. The van der Waals surface area contributed by atoms with Crippen LogP contribution in [-0.2, 0) is 9.53 Å². The van der Waals surface area contributed by atoms with Gasteiger partial charge < -0.3 is 14.2 Å². The number of hydrogen-bond donors (Lipinski definition) is 0. The van der Waals surface area contributed by atoms with Crippen molar-refractivity contribution in [1.82, 2.24) is 0 Å². The monoisotopic (exact) mass is 396 g/mol. The van der Waals surface area contributed by atoms with Crippen molar-refractivity contribution in [1.29, 1.82) is 0 Å². The van der Waals surface area contributed by atoms with Crippen LogP contribution in [0.4, 0.5) is 5.69 Å². The number of para-hydroxylation sites is 1. The Morgan fingerprint density at radius 2 is 2.00 bits per heavy atom. The number of carbonyl (C=O) groups is 1. The van der Waals surface area contributed by atoms with Gasteiger partial charge in [0.1, 0.15) is 0 Å². The van der Waals surface area contributed by atoms with Gasteiger partial charge in [0.15, 0.2) is 17.2 Å². The minimum atomic E-state index is -0.643. The molecule has 0 spiro atoms. The summed E-state index contributed by atoms with van der Waals surface area (Å²) in [5.41, 5.74) is 1.38. The first-order valence-electron chi connectivity index (χ1n) is 9.03. The molecule has 8 heteroatoms. The first-order valence-corrected chi connectivity index (χ1v) is 9.03. The van der Waals surface area contributed by atoms with Crippen molar-refractivity contribution in [2.24, 2.45) is 4.99 Å². The third-order valence-electron chi connectivity index (χ3n) is 4.32. The molecule has 0 bridgehead atoms. The lowest BCUT2D eigenvalue weighted by molar-refractivity contribution is -0.385. The first-order chi connectivity index (χ1) is 14.0. The number of nitro groups is 1. The molecule has 0 saturated carbocycles. The fourth-order valence-electron chi connectivity index (χ4n) is 2.89. The van der Waals surface area contributed by atoms with E-state index in [9.17, 15) is 14.9 Å². The number of cyclic esters (lactones) is 1. The summed E-state index contributed by atoms with van der Waals surface area (Å²) in [7, 11) is 1.54. The Hall–Kier alpha value is -3.68. The molecule has 0 atom stereocenters. The van der Waals surface area contributed by atoms with E-state index in [0.717, 1.165) is 6.42 Å². The van der Waals surface area contributed by atoms with Gasteiger partial charge in [0, 0.05) is 22.8 Å². The smallest absolute Gasteiger partial charge is 0.363 e. The highest BCUT2D eigenvalue weighted by atomic mass is 16.6. The lowest BCUT2D eigenvalue weighted by atomic mass is 10.1. The predicted octanol–water partition coefficient (Wildman–Crippen LogP) is 4.05. The maximum Gasteiger partial charge on any atom is 0.363 e. The fraction of sp³-hybridized carbons (Fsp3) is 0.238. The van der Waals surface area contributed by atoms with Gasteiger partial charge in [-0.25, -0.2) is 9.79 Å². The van der Waals surface area contributed by atoms with Gasteiger partial charge in [0.05, 0.1) is 18.6 Å². The fourth-order valence-corrected chi connectivity index (χ4v) is 2.89. The predicted molar refractivity (Wildman–Crippen MR) is 107 cm³/mol. The second-order valence-corrected chi connectivity index (χ2v) is 6.27. The third-order valence-corrected chi connectivity index (χ3v) is 4.32. The number of benzene rings is 2. The second-order valence-electron chi connectivity index (χ2n) is 6.27. The molecule has 1 heterocycles. The van der Waals surface area contributed by atoms with Gasteiger partial charge >= 0.3 is 5.97 Å². The molecular formula is C21H20N2O6. The largest absolute Gasteiger partial charge is 0.493 e. The van der Waals surface area contributed by atoms with Crippen LogP contribution in [0, 0.1) is 17.0 Å². The molecule has 0 saturated heterocycles. The number of hydrogen-bond acceptors (Lipinski definition) is 7. The van der Waals surface area contributed by atoms with Crippen molar-refractivity contribution < 1.29 is 23.9 Å².